The van der Waals surface area contributed by atoms with E-state index in [0.717, 1.165) is 44.3 Å². The molecule has 4 aromatic rings. The highest BCUT2D eigenvalue weighted by molar-refractivity contribution is 5.87. The van der Waals surface area contributed by atoms with E-state index in [1.54, 1.807) is 48.0 Å². The van der Waals surface area contributed by atoms with Gasteiger partial charge in [0.1, 0.15) is 17.3 Å². The molecule has 0 atom stereocenters. The Morgan fingerprint density at radius 2 is 1.73 bits per heavy atom. The highest BCUT2D eigenvalue weighted by Crippen LogP contribution is 2.36. The topological polar surface area (TPSA) is 87.6 Å². The standard InChI is InChI=1S/C29H32F3N7O2/c1-4-38-11-13-39(14-12-38)18-20-5-6-21(15-24(20)29(30,31)32)35-28-36-25-16-22(7-8-26(25)37(28)3)41-23-9-10-33-27(17-23)34-19(2)40/h5-10,15-17H,4,11-14,18H2,1-3H3,(H,35,36)(H,33,34,40). The Morgan fingerprint density at radius 1 is 1.00 bits per heavy atom. The molecule has 1 aliphatic heterocycles. The Kier molecular flexibility index (Phi) is 8.13. The molecule has 3 heterocycles. The molecule has 1 fully saturated rings. The number of carbonyl (C=O) groups is 1. The number of nitrogens with zero attached hydrogens (tertiary/aromatic N) is 5. The minimum absolute atomic E-state index is 0.243. The zero-order valence-electron chi connectivity index (χ0n) is 23.1. The van der Waals surface area contributed by atoms with Crippen LogP contribution in [0.25, 0.3) is 11.0 Å². The first-order valence-corrected chi connectivity index (χ1v) is 13.4. The van der Waals surface area contributed by atoms with Crippen LogP contribution in [0.3, 0.4) is 0 Å². The second-order valence-electron chi connectivity index (χ2n) is 10.0. The van der Waals surface area contributed by atoms with Crippen molar-refractivity contribution in [1.82, 2.24) is 24.3 Å². The van der Waals surface area contributed by atoms with Crippen molar-refractivity contribution in [2.24, 2.45) is 7.05 Å². The number of imidazole rings is 1. The monoisotopic (exact) mass is 567 g/mol. The molecule has 0 bridgehead atoms. The Morgan fingerprint density at radius 3 is 2.44 bits per heavy atom. The molecule has 0 spiro atoms. The fourth-order valence-corrected chi connectivity index (χ4v) is 4.90. The first kappa shape index (κ1) is 28.4. The Labute approximate surface area is 235 Å². The van der Waals surface area contributed by atoms with Crippen LogP contribution in [0.4, 0.5) is 30.6 Å². The number of carbonyl (C=O) groups excluding carboxylic acids is 1. The first-order valence-electron chi connectivity index (χ1n) is 13.4. The zero-order valence-corrected chi connectivity index (χ0v) is 23.1. The van der Waals surface area contributed by atoms with Crippen molar-refractivity contribution in [2.45, 2.75) is 26.6 Å². The molecule has 0 aliphatic carbocycles. The van der Waals surface area contributed by atoms with Crippen molar-refractivity contribution in [2.75, 3.05) is 43.4 Å². The molecule has 0 saturated carbocycles. The predicted molar refractivity (Wildman–Crippen MR) is 151 cm³/mol. The average molecular weight is 568 g/mol. The Bertz CT molecular complexity index is 1550. The van der Waals surface area contributed by atoms with Gasteiger partial charge in [-0.2, -0.15) is 13.2 Å². The van der Waals surface area contributed by atoms with Gasteiger partial charge in [0.25, 0.3) is 0 Å². The maximum atomic E-state index is 14.1. The van der Waals surface area contributed by atoms with Gasteiger partial charge >= 0.3 is 6.18 Å². The molecule has 9 nitrogen and oxygen atoms in total. The molecule has 2 aromatic carbocycles. The van der Waals surface area contributed by atoms with Crippen LogP contribution in [0.1, 0.15) is 25.0 Å². The summed E-state index contributed by atoms with van der Waals surface area (Å²) in [7, 11) is 1.79. The number of likely N-dealkylation sites (N-methyl/N-ethyl adjacent to an activating group) is 1. The van der Waals surface area contributed by atoms with Gasteiger partial charge in [0, 0.05) is 70.7 Å². The predicted octanol–water partition coefficient (Wildman–Crippen LogP) is 5.62. The number of hydrogen-bond acceptors (Lipinski definition) is 7. The number of fused-ring (bicyclic) bond motifs is 1. The summed E-state index contributed by atoms with van der Waals surface area (Å²) in [5, 5.41) is 5.66. The number of rotatable bonds is 8. The van der Waals surface area contributed by atoms with Gasteiger partial charge in [0.05, 0.1) is 16.6 Å². The second kappa shape index (κ2) is 11.8. The lowest BCUT2D eigenvalue weighted by Crippen LogP contribution is -2.45. The van der Waals surface area contributed by atoms with Crippen LogP contribution in [0, 0.1) is 0 Å². The summed E-state index contributed by atoms with van der Waals surface area (Å²) < 4.78 is 49.9. The van der Waals surface area contributed by atoms with E-state index in [2.05, 4.69) is 37.3 Å². The normalized spacial score (nSPS) is 14.8. The van der Waals surface area contributed by atoms with E-state index < -0.39 is 11.7 Å². The van der Waals surface area contributed by atoms with Gasteiger partial charge in [-0.25, -0.2) is 9.97 Å². The first-order chi connectivity index (χ1) is 19.6. The van der Waals surface area contributed by atoms with Crippen molar-refractivity contribution in [3.8, 4) is 11.5 Å². The summed E-state index contributed by atoms with van der Waals surface area (Å²) in [5.74, 6) is 1.50. The van der Waals surface area contributed by atoms with Gasteiger partial charge in [-0.3, -0.25) is 9.69 Å². The molecule has 41 heavy (non-hydrogen) atoms. The molecule has 2 N–H and O–H groups in total. The number of alkyl halides is 3. The van der Waals surface area contributed by atoms with Gasteiger partial charge in [-0.15, -0.1) is 0 Å². The number of piperazine rings is 1. The summed E-state index contributed by atoms with van der Waals surface area (Å²) in [6.07, 6.45) is -2.96. The molecular weight excluding hydrogens is 535 g/mol. The van der Waals surface area contributed by atoms with Crippen molar-refractivity contribution in [1.29, 1.82) is 0 Å². The molecule has 0 unspecified atom stereocenters. The summed E-state index contributed by atoms with van der Waals surface area (Å²) in [5.41, 5.74) is 1.28. The number of aromatic nitrogens is 3. The molecule has 1 amide bonds. The van der Waals surface area contributed by atoms with Crippen molar-refractivity contribution >= 4 is 34.4 Å². The SMILES string of the molecule is CCN1CCN(Cc2ccc(Nc3nc4cc(Oc5ccnc(NC(C)=O)c5)ccc4n3C)cc2C(F)(F)F)CC1. The van der Waals surface area contributed by atoms with Gasteiger partial charge in [0.2, 0.25) is 11.9 Å². The number of benzene rings is 2. The third-order valence-corrected chi connectivity index (χ3v) is 7.10. The van der Waals surface area contributed by atoms with Crippen molar-refractivity contribution in [3.05, 3.63) is 65.9 Å². The molecule has 2 aromatic heterocycles. The Balaban J connectivity index is 1.34. The number of ether oxygens (including phenoxy) is 1. The lowest BCUT2D eigenvalue weighted by atomic mass is 10.0. The van der Waals surface area contributed by atoms with Crippen LogP contribution in [-0.4, -0.2) is 63.0 Å². The van der Waals surface area contributed by atoms with Crippen LogP contribution < -0.4 is 15.4 Å². The van der Waals surface area contributed by atoms with E-state index in [-0.39, 0.29) is 18.0 Å². The number of aryl methyl sites for hydroxylation is 1. The lowest BCUT2D eigenvalue weighted by molar-refractivity contribution is -0.138. The molecule has 12 heteroatoms. The van der Waals surface area contributed by atoms with E-state index in [0.29, 0.717) is 34.5 Å². The summed E-state index contributed by atoms with van der Waals surface area (Å²) >= 11 is 0. The molecular formula is C29H32F3N7O2. The number of amides is 1. The number of hydrogen-bond donors (Lipinski definition) is 2. The fraction of sp³-hybridized carbons (Fsp3) is 0.345. The molecule has 1 saturated heterocycles. The van der Waals surface area contributed by atoms with E-state index in [1.165, 1.54) is 13.1 Å². The largest absolute Gasteiger partial charge is 0.457 e. The molecule has 1 aliphatic rings. The van der Waals surface area contributed by atoms with Crippen LogP contribution in [-0.2, 0) is 24.6 Å². The van der Waals surface area contributed by atoms with E-state index in [4.69, 9.17) is 4.74 Å². The van der Waals surface area contributed by atoms with Crippen LogP contribution in [0.5, 0.6) is 11.5 Å². The maximum absolute atomic E-state index is 14.1. The van der Waals surface area contributed by atoms with Crippen molar-refractivity contribution < 1.29 is 22.7 Å². The third kappa shape index (κ3) is 6.77. The lowest BCUT2D eigenvalue weighted by Gasteiger charge is -2.34. The smallest absolute Gasteiger partial charge is 0.416 e. The number of pyridine rings is 1. The summed E-state index contributed by atoms with van der Waals surface area (Å²) in [4.78, 5) is 24.4. The zero-order chi connectivity index (χ0) is 29.1. The van der Waals surface area contributed by atoms with E-state index >= 15 is 0 Å². The van der Waals surface area contributed by atoms with Crippen LogP contribution >= 0.6 is 0 Å². The second-order valence-corrected chi connectivity index (χ2v) is 10.0. The number of halogens is 3. The van der Waals surface area contributed by atoms with Gasteiger partial charge in [-0.1, -0.05) is 13.0 Å². The quantitative estimate of drug-likeness (QED) is 0.286. The van der Waals surface area contributed by atoms with Gasteiger partial charge in [-0.05, 0) is 42.4 Å². The summed E-state index contributed by atoms with van der Waals surface area (Å²) in [6.45, 7) is 7.89. The minimum Gasteiger partial charge on any atom is -0.457 e. The van der Waals surface area contributed by atoms with Crippen LogP contribution in [0.15, 0.2) is 54.7 Å². The van der Waals surface area contributed by atoms with Crippen LogP contribution in [0.2, 0.25) is 0 Å². The average Bonchev–Trinajstić information content (AvgIpc) is 3.23. The maximum Gasteiger partial charge on any atom is 0.416 e. The molecule has 5 rings (SSSR count). The number of anilines is 3. The van der Waals surface area contributed by atoms with E-state index in [9.17, 15) is 18.0 Å². The highest BCUT2D eigenvalue weighted by Gasteiger charge is 2.34. The van der Waals surface area contributed by atoms with Gasteiger partial charge < -0.3 is 24.8 Å². The Hall–Kier alpha value is -4.16. The van der Waals surface area contributed by atoms with Crippen molar-refractivity contribution in [3.63, 3.8) is 0 Å². The third-order valence-electron chi connectivity index (χ3n) is 7.10. The molecule has 216 valence electrons. The minimum atomic E-state index is -4.48. The van der Waals surface area contributed by atoms with Gasteiger partial charge in [0.15, 0.2) is 0 Å². The fourth-order valence-electron chi connectivity index (χ4n) is 4.90. The highest BCUT2D eigenvalue weighted by atomic mass is 19.4. The molecule has 0 radical (unpaired) electrons. The number of nitrogens with one attached hydrogen (secondary N) is 2. The summed E-state index contributed by atoms with van der Waals surface area (Å²) in [6, 6.07) is 13.0. The van der Waals surface area contributed by atoms with E-state index in [1.807, 2.05) is 6.07 Å².